The summed E-state index contributed by atoms with van der Waals surface area (Å²) in [6.45, 7) is 4.42. The molecule has 0 fully saturated rings. The highest BCUT2D eigenvalue weighted by atomic mass is 79.9. The van der Waals surface area contributed by atoms with Crippen LogP contribution in [-0.2, 0) is 5.33 Å². The first-order valence-electron chi connectivity index (χ1n) is 5.15. The van der Waals surface area contributed by atoms with E-state index in [-0.39, 0.29) is 0 Å². The van der Waals surface area contributed by atoms with E-state index < -0.39 is 11.6 Å². The molecule has 0 nitrogen and oxygen atoms in total. The molecule has 0 aliphatic heterocycles. The summed E-state index contributed by atoms with van der Waals surface area (Å²) in [7, 11) is 0. The zero-order valence-electron chi connectivity index (χ0n) is 9.19. The normalized spacial score (nSPS) is 9.40. The van der Waals surface area contributed by atoms with Crippen LogP contribution in [0.25, 0.3) is 0 Å². The molecule has 15 heavy (non-hydrogen) atoms. The molecule has 0 unspecified atom stereocenters. The summed E-state index contributed by atoms with van der Waals surface area (Å²) in [6, 6.07) is 3.43. The Morgan fingerprint density at radius 2 is 1.47 bits per heavy atom. The number of unbranched alkanes of at least 4 members (excludes halogenated alkanes) is 2. The molecule has 3 heteroatoms. The fraction of sp³-hybridized carbons (Fsp3) is 0.500. The van der Waals surface area contributed by atoms with Gasteiger partial charge in [-0.2, -0.15) is 0 Å². The van der Waals surface area contributed by atoms with Crippen molar-refractivity contribution in [3.8, 4) is 0 Å². The van der Waals surface area contributed by atoms with Crippen molar-refractivity contribution in [2.45, 2.75) is 38.4 Å². The van der Waals surface area contributed by atoms with Gasteiger partial charge in [0.05, 0.1) is 0 Å². The van der Waals surface area contributed by atoms with Gasteiger partial charge in [0.2, 0.25) is 0 Å². The fourth-order valence-electron chi connectivity index (χ4n) is 1.04. The van der Waals surface area contributed by atoms with Gasteiger partial charge in [-0.3, -0.25) is 0 Å². The second-order valence-electron chi connectivity index (χ2n) is 3.26. The lowest BCUT2D eigenvalue weighted by Gasteiger charge is -1.94. The van der Waals surface area contributed by atoms with Crippen LogP contribution in [0.2, 0.25) is 0 Å². The number of benzene rings is 1. The van der Waals surface area contributed by atoms with Crippen LogP contribution in [0.4, 0.5) is 8.78 Å². The second kappa shape index (κ2) is 8.84. The molecule has 1 aromatic rings. The average Bonchev–Trinajstić information content (AvgIpc) is 2.18. The molecule has 0 heterocycles. The van der Waals surface area contributed by atoms with Gasteiger partial charge in [-0.05, 0) is 17.7 Å². The summed E-state index contributed by atoms with van der Waals surface area (Å²) in [5, 5.41) is 0.474. The average molecular weight is 279 g/mol. The Kier molecular flexibility index (Phi) is 8.58. The van der Waals surface area contributed by atoms with Gasteiger partial charge in [-0.25, -0.2) is 8.78 Å². The van der Waals surface area contributed by atoms with Crippen molar-refractivity contribution in [3.05, 3.63) is 35.4 Å². The Morgan fingerprint density at radius 3 is 1.73 bits per heavy atom. The van der Waals surface area contributed by atoms with Crippen LogP contribution in [-0.4, -0.2) is 0 Å². The molecule has 0 bridgehead atoms. The van der Waals surface area contributed by atoms with Gasteiger partial charge in [0.25, 0.3) is 0 Å². The minimum absolute atomic E-state index is 0.474. The van der Waals surface area contributed by atoms with Crippen LogP contribution in [0.1, 0.15) is 38.7 Å². The van der Waals surface area contributed by atoms with Gasteiger partial charge >= 0.3 is 0 Å². The highest BCUT2D eigenvalue weighted by molar-refractivity contribution is 9.08. The molecule has 0 amide bonds. The van der Waals surface area contributed by atoms with Gasteiger partial charge in [-0.15, -0.1) is 0 Å². The summed E-state index contributed by atoms with van der Waals surface area (Å²) < 4.78 is 24.7. The first-order chi connectivity index (χ1) is 7.13. The number of alkyl halides is 1. The number of rotatable bonds is 3. The number of hydrogen-bond donors (Lipinski definition) is 0. The molecule has 0 atom stereocenters. The van der Waals surface area contributed by atoms with E-state index in [2.05, 4.69) is 29.8 Å². The minimum Gasteiger partial charge on any atom is -0.207 e. The Labute approximate surface area is 98.8 Å². The third kappa shape index (κ3) is 7.48. The predicted octanol–water partition coefficient (Wildman–Crippen LogP) is 5.06. The zero-order valence-corrected chi connectivity index (χ0v) is 10.8. The molecule has 86 valence electrons. The monoisotopic (exact) mass is 278 g/mol. The Hall–Kier alpha value is -0.440. The van der Waals surface area contributed by atoms with Gasteiger partial charge < -0.3 is 0 Å². The van der Waals surface area contributed by atoms with E-state index in [4.69, 9.17) is 0 Å². The highest BCUT2D eigenvalue weighted by Crippen LogP contribution is 2.10. The smallest absolute Gasteiger partial charge is 0.126 e. The quantitative estimate of drug-likeness (QED) is 0.679. The molecule has 1 rings (SSSR count). The molecule has 0 saturated heterocycles. The summed E-state index contributed by atoms with van der Waals surface area (Å²) in [6.07, 6.45) is 4.08. The Morgan fingerprint density at radius 1 is 1.00 bits per heavy atom. The van der Waals surface area contributed by atoms with E-state index in [1.807, 2.05) is 0 Å². The maximum Gasteiger partial charge on any atom is 0.126 e. The van der Waals surface area contributed by atoms with Crippen LogP contribution >= 0.6 is 15.9 Å². The van der Waals surface area contributed by atoms with Crippen molar-refractivity contribution < 1.29 is 8.78 Å². The van der Waals surface area contributed by atoms with E-state index in [9.17, 15) is 8.78 Å². The predicted molar refractivity (Wildman–Crippen MR) is 64.2 cm³/mol. The molecule has 1 aromatic carbocycles. The molecule has 0 saturated carbocycles. The summed E-state index contributed by atoms with van der Waals surface area (Å²) in [5.41, 5.74) is 0.609. The largest absolute Gasteiger partial charge is 0.207 e. The molecular weight excluding hydrogens is 262 g/mol. The van der Waals surface area contributed by atoms with Crippen LogP contribution in [0.3, 0.4) is 0 Å². The minimum atomic E-state index is -0.533. The van der Waals surface area contributed by atoms with E-state index >= 15 is 0 Å². The standard InChI is InChI=1S/C7H5BrF2.C5H12/c8-4-5-1-6(9)3-7(10)2-5;1-3-5-4-2/h1-3H,4H2;3-5H2,1-2H3. The van der Waals surface area contributed by atoms with Gasteiger partial charge in [0, 0.05) is 11.4 Å². The lowest BCUT2D eigenvalue weighted by molar-refractivity contribution is 0.581. The van der Waals surface area contributed by atoms with Gasteiger partial charge in [-0.1, -0.05) is 49.0 Å². The highest BCUT2D eigenvalue weighted by Gasteiger charge is 1.97. The zero-order chi connectivity index (χ0) is 11.7. The third-order valence-corrected chi connectivity index (χ3v) is 2.43. The van der Waals surface area contributed by atoms with E-state index in [1.165, 1.54) is 31.4 Å². The first kappa shape index (κ1) is 14.6. The maximum absolute atomic E-state index is 12.4. The lowest BCUT2D eigenvalue weighted by Crippen LogP contribution is -1.83. The van der Waals surface area contributed by atoms with Gasteiger partial charge in [0.15, 0.2) is 0 Å². The van der Waals surface area contributed by atoms with Crippen molar-refractivity contribution in [1.29, 1.82) is 0 Å². The van der Waals surface area contributed by atoms with E-state index in [1.54, 1.807) is 0 Å². The van der Waals surface area contributed by atoms with Crippen molar-refractivity contribution in [1.82, 2.24) is 0 Å². The van der Waals surface area contributed by atoms with Crippen molar-refractivity contribution in [2.24, 2.45) is 0 Å². The topological polar surface area (TPSA) is 0 Å². The fourth-order valence-corrected chi connectivity index (χ4v) is 1.37. The summed E-state index contributed by atoms with van der Waals surface area (Å²) >= 11 is 3.09. The molecule has 0 aliphatic carbocycles. The molecular formula is C12H17BrF2. The summed E-state index contributed by atoms with van der Waals surface area (Å²) in [5.74, 6) is -1.07. The van der Waals surface area contributed by atoms with Gasteiger partial charge in [0.1, 0.15) is 11.6 Å². The Balaban J connectivity index is 0.000000336. The SMILES string of the molecule is CCCCC.Fc1cc(F)cc(CBr)c1. The van der Waals surface area contributed by atoms with Crippen LogP contribution in [0, 0.1) is 11.6 Å². The lowest BCUT2D eigenvalue weighted by atomic mass is 10.2. The third-order valence-electron chi connectivity index (χ3n) is 1.78. The van der Waals surface area contributed by atoms with E-state index in [0.29, 0.717) is 10.9 Å². The molecule has 0 aliphatic rings. The van der Waals surface area contributed by atoms with Crippen LogP contribution < -0.4 is 0 Å². The van der Waals surface area contributed by atoms with E-state index in [0.717, 1.165) is 6.07 Å². The molecule has 0 spiro atoms. The molecule has 0 N–H and O–H groups in total. The number of halogens is 3. The molecule has 0 radical (unpaired) electrons. The van der Waals surface area contributed by atoms with Crippen molar-refractivity contribution in [3.63, 3.8) is 0 Å². The maximum atomic E-state index is 12.4. The van der Waals surface area contributed by atoms with Crippen LogP contribution in [0.15, 0.2) is 18.2 Å². The van der Waals surface area contributed by atoms with Crippen molar-refractivity contribution in [2.75, 3.05) is 0 Å². The molecule has 0 aromatic heterocycles. The summed E-state index contributed by atoms with van der Waals surface area (Å²) in [4.78, 5) is 0. The number of hydrogen-bond acceptors (Lipinski definition) is 0. The first-order valence-corrected chi connectivity index (χ1v) is 6.27. The van der Waals surface area contributed by atoms with Crippen molar-refractivity contribution >= 4 is 15.9 Å². The second-order valence-corrected chi connectivity index (χ2v) is 3.83. The Bertz CT molecular complexity index is 252. The van der Waals surface area contributed by atoms with Crippen LogP contribution in [0.5, 0.6) is 0 Å².